The molecule has 0 unspecified atom stereocenters. The maximum atomic E-state index is 14.1. The van der Waals surface area contributed by atoms with E-state index < -0.39 is 17.3 Å². The number of piperidine rings is 1. The molecule has 0 aliphatic carbocycles. The number of amides is 1. The van der Waals surface area contributed by atoms with E-state index in [1.54, 1.807) is 17.0 Å². The predicted molar refractivity (Wildman–Crippen MR) is 143 cm³/mol. The third-order valence-electron chi connectivity index (χ3n) is 7.17. The van der Waals surface area contributed by atoms with E-state index in [0.29, 0.717) is 49.5 Å². The topological polar surface area (TPSA) is 78.7 Å². The van der Waals surface area contributed by atoms with Gasteiger partial charge in [-0.25, -0.2) is 9.78 Å². The molecule has 0 saturated carbocycles. The molecule has 0 N–H and O–H groups in total. The molecule has 2 saturated heterocycles. The van der Waals surface area contributed by atoms with Crippen molar-refractivity contribution in [3.05, 3.63) is 41.3 Å². The second kappa shape index (κ2) is 11.1. The standard InChI is InChI=1S/C28H32ClF3N4O4/c1-27(2,3)40-26(37)35-10-6-17(7-11-35)9-13-39-22-5-4-18(14-21(22)28(30,31)32)23-20-8-12-36(19-15-38-16-19)24(20)34-25(29)33-23/h4-5,8,12,14,17,19H,6-7,9-11,13,15-16H2,1-3H3. The highest BCUT2D eigenvalue weighted by Crippen LogP contribution is 2.40. The van der Waals surface area contributed by atoms with E-state index in [4.69, 9.17) is 25.8 Å². The molecule has 0 radical (unpaired) electrons. The fraction of sp³-hybridized carbons (Fsp3) is 0.536. The van der Waals surface area contributed by atoms with Gasteiger partial charge in [0, 0.05) is 30.2 Å². The number of fused-ring (bicyclic) bond motifs is 1. The van der Waals surface area contributed by atoms with Crippen LogP contribution < -0.4 is 4.74 Å². The Morgan fingerprint density at radius 2 is 1.85 bits per heavy atom. The number of carbonyl (C=O) groups is 1. The molecule has 12 heteroatoms. The van der Waals surface area contributed by atoms with Crippen LogP contribution in [0.25, 0.3) is 22.3 Å². The maximum absolute atomic E-state index is 14.1. The van der Waals surface area contributed by atoms with Crippen molar-refractivity contribution in [3.63, 3.8) is 0 Å². The highest BCUT2D eigenvalue weighted by Gasteiger charge is 2.35. The van der Waals surface area contributed by atoms with Crippen LogP contribution in [0.5, 0.6) is 5.75 Å². The summed E-state index contributed by atoms with van der Waals surface area (Å²) in [6.07, 6.45) is -1.08. The Balaban J connectivity index is 1.27. The monoisotopic (exact) mass is 580 g/mol. The molecule has 2 aliphatic rings. The van der Waals surface area contributed by atoms with Crippen molar-refractivity contribution in [2.75, 3.05) is 32.9 Å². The highest BCUT2D eigenvalue weighted by molar-refractivity contribution is 6.28. The number of aromatic nitrogens is 3. The average molecular weight is 581 g/mol. The minimum absolute atomic E-state index is 0.0470. The number of hydrogen-bond donors (Lipinski definition) is 0. The minimum atomic E-state index is -4.63. The number of benzene rings is 1. The lowest BCUT2D eigenvalue weighted by molar-refractivity contribution is -0.138. The molecule has 2 aliphatic heterocycles. The van der Waals surface area contributed by atoms with Crippen LogP contribution >= 0.6 is 11.6 Å². The molecule has 4 heterocycles. The number of carbonyl (C=O) groups excluding carboxylic acids is 1. The van der Waals surface area contributed by atoms with Gasteiger partial charge in [0.25, 0.3) is 0 Å². The van der Waals surface area contributed by atoms with E-state index in [1.807, 2.05) is 31.5 Å². The van der Waals surface area contributed by atoms with Gasteiger partial charge in [-0.05, 0) is 81.8 Å². The van der Waals surface area contributed by atoms with Crippen molar-refractivity contribution < 1.29 is 32.2 Å². The molecule has 0 bridgehead atoms. The fourth-order valence-electron chi connectivity index (χ4n) is 5.00. The average Bonchev–Trinajstić information content (AvgIpc) is 3.24. The molecule has 3 aromatic rings. The summed E-state index contributed by atoms with van der Waals surface area (Å²) in [6, 6.07) is 5.83. The van der Waals surface area contributed by atoms with Gasteiger partial charge in [0.05, 0.1) is 37.1 Å². The Hall–Kier alpha value is -3.05. The molecule has 0 atom stereocenters. The maximum Gasteiger partial charge on any atom is 0.419 e. The zero-order valence-electron chi connectivity index (χ0n) is 22.6. The highest BCUT2D eigenvalue weighted by atomic mass is 35.5. The number of alkyl halides is 3. The van der Waals surface area contributed by atoms with Gasteiger partial charge in [-0.2, -0.15) is 18.2 Å². The summed E-state index contributed by atoms with van der Waals surface area (Å²) in [5.74, 6) is 0.0110. The van der Waals surface area contributed by atoms with Crippen molar-refractivity contribution >= 4 is 28.7 Å². The molecular weight excluding hydrogens is 549 g/mol. The first-order valence-electron chi connectivity index (χ1n) is 13.3. The summed E-state index contributed by atoms with van der Waals surface area (Å²) in [5, 5.41) is 0.560. The number of ether oxygens (including phenoxy) is 3. The lowest BCUT2D eigenvalue weighted by Crippen LogP contribution is -2.41. The Bertz CT molecular complexity index is 1380. The van der Waals surface area contributed by atoms with Crippen LogP contribution in [-0.4, -0.2) is 64.0 Å². The summed E-state index contributed by atoms with van der Waals surface area (Å²) in [7, 11) is 0. The summed E-state index contributed by atoms with van der Waals surface area (Å²) in [5.41, 5.74) is -0.293. The molecule has 2 fully saturated rings. The van der Waals surface area contributed by atoms with Gasteiger partial charge in [0.15, 0.2) is 0 Å². The minimum Gasteiger partial charge on any atom is -0.493 e. The first-order valence-corrected chi connectivity index (χ1v) is 13.7. The Morgan fingerprint density at radius 1 is 1.12 bits per heavy atom. The van der Waals surface area contributed by atoms with Gasteiger partial charge >= 0.3 is 12.3 Å². The molecule has 1 aromatic carbocycles. The Morgan fingerprint density at radius 3 is 2.48 bits per heavy atom. The first kappa shape index (κ1) is 28.5. The smallest absolute Gasteiger partial charge is 0.419 e. The zero-order chi connectivity index (χ0) is 28.7. The van der Waals surface area contributed by atoms with Gasteiger partial charge in [-0.1, -0.05) is 0 Å². The van der Waals surface area contributed by atoms with Crippen LogP contribution in [0.4, 0.5) is 18.0 Å². The van der Waals surface area contributed by atoms with E-state index >= 15 is 0 Å². The van der Waals surface area contributed by atoms with Crippen molar-refractivity contribution in [3.8, 4) is 17.0 Å². The van der Waals surface area contributed by atoms with E-state index in [0.717, 1.165) is 18.9 Å². The van der Waals surface area contributed by atoms with Gasteiger partial charge in [-0.3, -0.25) is 0 Å². The van der Waals surface area contributed by atoms with Crippen molar-refractivity contribution in [1.29, 1.82) is 0 Å². The van der Waals surface area contributed by atoms with Crippen molar-refractivity contribution in [2.24, 2.45) is 5.92 Å². The van der Waals surface area contributed by atoms with E-state index in [1.165, 1.54) is 6.07 Å². The summed E-state index contributed by atoms with van der Waals surface area (Å²) < 4.78 is 60.6. The van der Waals surface area contributed by atoms with Gasteiger partial charge in [0.2, 0.25) is 5.28 Å². The van der Waals surface area contributed by atoms with E-state index in [-0.39, 0.29) is 41.3 Å². The SMILES string of the molecule is CC(C)(C)OC(=O)N1CCC(CCOc2ccc(-c3nc(Cl)nc4c3ccn4C3COC3)cc2C(F)(F)F)CC1. The van der Waals surface area contributed by atoms with Crippen LogP contribution in [-0.2, 0) is 15.7 Å². The third-order valence-corrected chi connectivity index (χ3v) is 7.34. The second-order valence-electron chi connectivity index (χ2n) is 11.2. The fourth-order valence-corrected chi connectivity index (χ4v) is 5.16. The summed E-state index contributed by atoms with van der Waals surface area (Å²) >= 11 is 6.18. The van der Waals surface area contributed by atoms with Crippen molar-refractivity contribution in [2.45, 2.75) is 57.9 Å². The molecule has 2 aromatic heterocycles. The van der Waals surface area contributed by atoms with Gasteiger partial charge in [0.1, 0.15) is 17.0 Å². The summed E-state index contributed by atoms with van der Waals surface area (Å²) in [4.78, 5) is 22.5. The first-order chi connectivity index (χ1) is 18.9. The molecule has 5 rings (SSSR count). The predicted octanol–water partition coefficient (Wildman–Crippen LogP) is 6.76. The molecule has 1 amide bonds. The number of rotatable bonds is 6. The Labute approximate surface area is 235 Å². The van der Waals surface area contributed by atoms with E-state index in [2.05, 4.69) is 9.97 Å². The van der Waals surface area contributed by atoms with Crippen LogP contribution in [0.15, 0.2) is 30.5 Å². The van der Waals surface area contributed by atoms with Crippen LogP contribution in [0.1, 0.15) is 51.6 Å². The number of nitrogens with zero attached hydrogens (tertiary/aromatic N) is 4. The van der Waals surface area contributed by atoms with Crippen LogP contribution in [0.3, 0.4) is 0 Å². The lowest BCUT2D eigenvalue weighted by atomic mass is 9.94. The zero-order valence-corrected chi connectivity index (χ0v) is 23.4. The molecule has 216 valence electrons. The molecular formula is C28H32ClF3N4O4. The number of hydrogen-bond acceptors (Lipinski definition) is 6. The molecule has 40 heavy (non-hydrogen) atoms. The Kier molecular flexibility index (Phi) is 7.89. The molecule has 0 spiro atoms. The van der Waals surface area contributed by atoms with Gasteiger partial charge < -0.3 is 23.7 Å². The number of halogens is 4. The van der Waals surface area contributed by atoms with Gasteiger partial charge in [-0.15, -0.1) is 0 Å². The van der Waals surface area contributed by atoms with Crippen LogP contribution in [0.2, 0.25) is 5.28 Å². The summed E-state index contributed by atoms with van der Waals surface area (Å²) in [6.45, 7) is 7.77. The lowest BCUT2D eigenvalue weighted by Gasteiger charge is -2.33. The largest absolute Gasteiger partial charge is 0.493 e. The van der Waals surface area contributed by atoms with Crippen LogP contribution in [0, 0.1) is 5.92 Å². The quantitative estimate of drug-likeness (QED) is 0.300. The van der Waals surface area contributed by atoms with E-state index in [9.17, 15) is 18.0 Å². The molecule has 8 nitrogen and oxygen atoms in total. The second-order valence-corrected chi connectivity index (χ2v) is 11.6. The third kappa shape index (κ3) is 6.30. The van der Waals surface area contributed by atoms with Crippen molar-refractivity contribution in [1.82, 2.24) is 19.4 Å². The normalized spacial score (nSPS) is 17.2. The number of likely N-dealkylation sites (tertiary alicyclic amines) is 1.